The molecule has 20 heavy (non-hydrogen) atoms. The van der Waals surface area contributed by atoms with Gasteiger partial charge in [-0.15, -0.1) is 11.3 Å². The second-order valence-electron chi connectivity index (χ2n) is 4.24. The summed E-state index contributed by atoms with van der Waals surface area (Å²) in [6.45, 7) is 0. The van der Waals surface area contributed by atoms with E-state index in [4.69, 9.17) is 10.5 Å². The average molecular weight is 318 g/mol. The summed E-state index contributed by atoms with van der Waals surface area (Å²) in [7, 11) is 0. The molecule has 0 N–H and O–H groups in total. The minimum atomic E-state index is 0.346. The Labute approximate surface area is 129 Å². The lowest BCUT2D eigenvalue weighted by Crippen LogP contribution is -1.93. The lowest BCUT2D eigenvalue weighted by Gasteiger charge is -2.04. The van der Waals surface area contributed by atoms with Gasteiger partial charge in [-0.1, -0.05) is 23.5 Å². The maximum atomic E-state index is 8.79. The maximum Gasteiger partial charge on any atom is 0.191 e. The Bertz CT molecular complexity index is 739. The van der Waals surface area contributed by atoms with Crippen molar-refractivity contribution in [1.82, 2.24) is 9.97 Å². The van der Waals surface area contributed by atoms with Crippen LogP contribution < -0.4 is 0 Å². The number of aryl methyl sites for hydroxylation is 2. The van der Waals surface area contributed by atoms with Gasteiger partial charge in [-0.3, -0.25) is 0 Å². The van der Waals surface area contributed by atoms with Crippen molar-refractivity contribution in [1.29, 1.82) is 10.5 Å². The second kappa shape index (κ2) is 6.01. The molecule has 1 aliphatic rings. The number of hydrogen-bond acceptors (Lipinski definition) is 7. The molecule has 0 atom stereocenters. The summed E-state index contributed by atoms with van der Waals surface area (Å²) in [5.74, 6) is 0.734. The Balaban J connectivity index is 2.09. The SMILES string of the molecule is N#CCSc1nc(SCC#N)c2c3c(sc2n1)CCC3. The van der Waals surface area contributed by atoms with Crippen LogP contribution in [0.2, 0.25) is 0 Å². The van der Waals surface area contributed by atoms with Gasteiger partial charge in [0.05, 0.1) is 23.6 Å². The summed E-state index contributed by atoms with van der Waals surface area (Å²) in [6.07, 6.45) is 3.41. The number of nitrogens with zero attached hydrogens (tertiary/aromatic N) is 4. The van der Waals surface area contributed by atoms with E-state index in [1.54, 1.807) is 11.3 Å². The van der Waals surface area contributed by atoms with Crippen LogP contribution in [0.3, 0.4) is 0 Å². The van der Waals surface area contributed by atoms with E-state index < -0.39 is 0 Å². The molecule has 0 spiro atoms. The van der Waals surface area contributed by atoms with E-state index >= 15 is 0 Å². The first-order chi connectivity index (χ1) is 9.83. The summed E-state index contributed by atoms with van der Waals surface area (Å²) in [4.78, 5) is 11.5. The molecular weight excluding hydrogens is 308 g/mol. The second-order valence-corrected chi connectivity index (χ2v) is 7.23. The molecule has 4 nitrogen and oxygen atoms in total. The van der Waals surface area contributed by atoms with Crippen molar-refractivity contribution in [2.75, 3.05) is 11.5 Å². The van der Waals surface area contributed by atoms with Crippen molar-refractivity contribution in [3.8, 4) is 12.1 Å². The highest BCUT2D eigenvalue weighted by Gasteiger charge is 2.22. The van der Waals surface area contributed by atoms with Crippen molar-refractivity contribution in [2.45, 2.75) is 29.4 Å². The Kier molecular flexibility index (Phi) is 4.11. The topological polar surface area (TPSA) is 73.4 Å². The van der Waals surface area contributed by atoms with Crippen LogP contribution in [0.25, 0.3) is 10.2 Å². The van der Waals surface area contributed by atoms with Gasteiger partial charge >= 0.3 is 0 Å². The molecule has 7 heteroatoms. The van der Waals surface area contributed by atoms with E-state index in [-0.39, 0.29) is 0 Å². The van der Waals surface area contributed by atoms with Crippen LogP contribution in [0, 0.1) is 22.7 Å². The van der Waals surface area contributed by atoms with Crippen molar-refractivity contribution < 1.29 is 0 Å². The van der Waals surface area contributed by atoms with Gasteiger partial charge in [-0.05, 0) is 24.8 Å². The van der Waals surface area contributed by atoms with Crippen LogP contribution in [-0.2, 0) is 12.8 Å². The molecule has 0 fully saturated rings. The molecule has 0 aliphatic heterocycles. The van der Waals surface area contributed by atoms with Gasteiger partial charge in [0.1, 0.15) is 9.86 Å². The molecule has 0 radical (unpaired) electrons. The number of hydrogen-bond donors (Lipinski definition) is 0. The molecule has 0 saturated carbocycles. The summed E-state index contributed by atoms with van der Waals surface area (Å²) < 4.78 is 0. The zero-order valence-corrected chi connectivity index (χ0v) is 13.0. The third-order valence-electron chi connectivity index (χ3n) is 3.05. The molecular formula is C13H10N4S3. The van der Waals surface area contributed by atoms with E-state index in [2.05, 4.69) is 22.1 Å². The molecule has 0 aromatic carbocycles. The van der Waals surface area contributed by atoms with Gasteiger partial charge in [-0.2, -0.15) is 10.5 Å². The van der Waals surface area contributed by atoms with Gasteiger partial charge in [-0.25, -0.2) is 9.97 Å². The number of aromatic nitrogens is 2. The third-order valence-corrected chi connectivity index (χ3v) is 5.79. The highest BCUT2D eigenvalue weighted by molar-refractivity contribution is 8.00. The van der Waals surface area contributed by atoms with E-state index in [9.17, 15) is 0 Å². The first-order valence-electron chi connectivity index (χ1n) is 6.15. The van der Waals surface area contributed by atoms with E-state index in [0.717, 1.165) is 28.1 Å². The Morgan fingerprint density at radius 1 is 1.10 bits per heavy atom. The standard InChI is InChI=1S/C13H10N4S3/c14-4-6-18-11-10-8-2-1-3-9(8)20-12(10)17-13(16-11)19-7-5-15/h1-3,6-7H2. The number of nitriles is 2. The van der Waals surface area contributed by atoms with Crippen LogP contribution in [0.5, 0.6) is 0 Å². The number of fused-ring (bicyclic) bond motifs is 3. The zero-order chi connectivity index (χ0) is 13.9. The van der Waals surface area contributed by atoms with Gasteiger partial charge in [0.2, 0.25) is 0 Å². The smallest absolute Gasteiger partial charge is 0.191 e. The monoisotopic (exact) mass is 318 g/mol. The Morgan fingerprint density at radius 3 is 2.70 bits per heavy atom. The van der Waals surface area contributed by atoms with Gasteiger partial charge < -0.3 is 0 Å². The van der Waals surface area contributed by atoms with Crippen LogP contribution in [0.15, 0.2) is 10.2 Å². The number of rotatable bonds is 4. The normalized spacial score (nSPS) is 13.1. The summed E-state index contributed by atoms with van der Waals surface area (Å²) in [5.41, 5.74) is 1.38. The summed E-state index contributed by atoms with van der Waals surface area (Å²) in [5, 5.41) is 20.1. The average Bonchev–Trinajstić information content (AvgIpc) is 3.02. The van der Waals surface area contributed by atoms with E-state index in [1.165, 1.54) is 40.4 Å². The summed E-state index contributed by atoms with van der Waals surface area (Å²) in [6, 6.07) is 4.24. The first-order valence-corrected chi connectivity index (χ1v) is 8.94. The molecule has 100 valence electrons. The highest BCUT2D eigenvalue weighted by atomic mass is 32.2. The third kappa shape index (κ3) is 2.49. The molecule has 0 saturated heterocycles. The van der Waals surface area contributed by atoms with Crippen LogP contribution in [-0.4, -0.2) is 21.5 Å². The highest BCUT2D eigenvalue weighted by Crippen LogP contribution is 2.41. The first kappa shape index (κ1) is 13.7. The van der Waals surface area contributed by atoms with E-state index in [1.807, 2.05) is 0 Å². The van der Waals surface area contributed by atoms with Crippen LogP contribution in [0.1, 0.15) is 16.9 Å². The molecule has 3 rings (SSSR count). The van der Waals surface area contributed by atoms with Crippen molar-refractivity contribution in [3.05, 3.63) is 10.4 Å². The minimum absolute atomic E-state index is 0.346. The molecule has 0 unspecified atom stereocenters. The lowest BCUT2D eigenvalue weighted by atomic mass is 10.2. The molecule has 1 aliphatic carbocycles. The van der Waals surface area contributed by atoms with Gasteiger partial charge in [0.25, 0.3) is 0 Å². The summed E-state index contributed by atoms with van der Waals surface area (Å²) >= 11 is 4.56. The van der Waals surface area contributed by atoms with Crippen molar-refractivity contribution >= 4 is 45.1 Å². The minimum Gasteiger partial charge on any atom is -0.215 e. The molecule has 0 bridgehead atoms. The zero-order valence-electron chi connectivity index (χ0n) is 10.5. The fourth-order valence-electron chi connectivity index (χ4n) is 2.31. The lowest BCUT2D eigenvalue weighted by molar-refractivity contribution is 0.906. The van der Waals surface area contributed by atoms with Gasteiger partial charge in [0, 0.05) is 10.3 Å². The molecule has 0 amide bonds. The number of thiophene rings is 1. The molecule has 2 aromatic rings. The van der Waals surface area contributed by atoms with Crippen LogP contribution >= 0.6 is 34.9 Å². The fraction of sp³-hybridized carbons (Fsp3) is 0.385. The molecule has 2 heterocycles. The predicted molar refractivity (Wildman–Crippen MR) is 82.1 cm³/mol. The Hall–Kier alpha value is -1.28. The maximum absolute atomic E-state index is 8.79. The largest absolute Gasteiger partial charge is 0.215 e. The van der Waals surface area contributed by atoms with Crippen molar-refractivity contribution in [2.24, 2.45) is 0 Å². The van der Waals surface area contributed by atoms with Gasteiger partial charge in [0.15, 0.2) is 5.16 Å². The molecule has 2 aromatic heterocycles. The van der Waals surface area contributed by atoms with E-state index in [0.29, 0.717) is 16.7 Å². The Morgan fingerprint density at radius 2 is 1.90 bits per heavy atom. The van der Waals surface area contributed by atoms with Crippen molar-refractivity contribution in [3.63, 3.8) is 0 Å². The van der Waals surface area contributed by atoms with Crippen LogP contribution in [0.4, 0.5) is 0 Å². The quantitative estimate of drug-likeness (QED) is 0.488. The predicted octanol–water partition coefficient (Wildman–Crippen LogP) is 3.41. The number of thioether (sulfide) groups is 2. The fourth-order valence-corrected chi connectivity index (χ4v) is 4.97.